The molecular formula is C17H21F3N2O. The highest BCUT2D eigenvalue weighted by Crippen LogP contribution is 2.22. The minimum atomic E-state index is -4.39. The lowest BCUT2D eigenvalue weighted by atomic mass is 10.1. The van der Waals surface area contributed by atoms with Gasteiger partial charge in [0.2, 0.25) is 5.91 Å². The maximum absolute atomic E-state index is 12.6. The Bertz CT molecular complexity index is 530. The molecule has 0 spiro atoms. The predicted octanol–water partition coefficient (Wildman–Crippen LogP) is 3.09. The molecule has 6 heteroatoms. The number of benzene rings is 1. The largest absolute Gasteiger partial charge is 0.406 e. The van der Waals surface area contributed by atoms with Crippen LogP contribution < -0.4 is 0 Å². The highest BCUT2D eigenvalue weighted by molar-refractivity contribution is 5.87. The lowest BCUT2D eigenvalue weighted by molar-refractivity contribution is -0.159. The molecule has 0 radical (unpaired) electrons. The summed E-state index contributed by atoms with van der Waals surface area (Å²) in [6.45, 7) is 4.51. The minimum absolute atomic E-state index is 0.0602. The molecule has 0 aromatic heterocycles. The molecule has 1 atom stereocenters. The van der Waals surface area contributed by atoms with Gasteiger partial charge in [-0.2, -0.15) is 13.2 Å². The van der Waals surface area contributed by atoms with E-state index in [-0.39, 0.29) is 12.5 Å². The summed E-state index contributed by atoms with van der Waals surface area (Å²) in [5, 5.41) is 0. The highest BCUT2D eigenvalue weighted by Gasteiger charge is 2.34. The van der Waals surface area contributed by atoms with Gasteiger partial charge in [0.05, 0.1) is 0 Å². The molecule has 1 aliphatic heterocycles. The number of amides is 1. The van der Waals surface area contributed by atoms with E-state index >= 15 is 0 Å². The van der Waals surface area contributed by atoms with Crippen LogP contribution in [0.15, 0.2) is 43.0 Å². The molecule has 126 valence electrons. The Morgan fingerprint density at radius 2 is 2.04 bits per heavy atom. The Morgan fingerprint density at radius 1 is 1.35 bits per heavy atom. The summed E-state index contributed by atoms with van der Waals surface area (Å²) in [7, 11) is 0. The van der Waals surface area contributed by atoms with Gasteiger partial charge in [0, 0.05) is 19.6 Å². The fourth-order valence-electron chi connectivity index (χ4n) is 2.94. The molecule has 1 saturated heterocycles. The first-order valence-corrected chi connectivity index (χ1v) is 7.62. The van der Waals surface area contributed by atoms with Crippen LogP contribution in [0.25, 0.3) is 0 Å². The van der Waals surface area contributed by atoms with Gasteiger partial charge in [-0.3, -0.25) is 9.69 Å². The molecule has 1 aliphatic rings. The Labute approximate surface area is 134 Å². The van der Waals surface area contributed by atoms with Crippen LogP contribution in [0.2, 0.25) is 0 Å². The van der Waals surface area contributed by atoms with Crippen molar-refractivity contribution < 1.29 is 18.0 Å². The Morgan fingerprint density at radius 3 is 2.65 bits per heavy atom. The number of nitrogens with zero attached hydrogens (tertiary/aromatic N) is 2. The third-order valence-corrected chi connectivity index (χ3v) is 3.95. The predicted molar refractivity (Wildman–Crippen MR) is 82.7 cm³/mol. The van der Waals surface area contributed by atoms with Gasteiger partial charge in [0.15, 0.2) is 0 Å². The van der Waals surface area contributed by atoms with Crippen LogP contribution in [0.1, 0.15) is 12.0 Å². The first-order chi connectivity index (χ1) is 10.9. The topological polar surface area (TPSA) is 23.6 Å². The van der Waals surface area contributed by atoms with E-state index in [0.717, 1.165) is 30.5 Å². The van der Waals surface area contributed by atoms with Crippen LogP contribution in [0.5, 0.6) is 0 Å². The van der Waals surface area contributed by atoms with Gasteiger partial charge < -0.3 is 4.90 Å². The molecule has 3 nitrogen and oxygen atoms in total. The van der Waals surface area contributed by atoms with E-state index in [1.807, 2.05) is 30.3 Å². The van der Waals surface area contributed by atoms with Gasteiger partial charge in [0.25, 0.3) is 0 Å². The van der Waals surface area contributed by atoms with Crippen LogP contribution in [-0.2, 0) is 11.3 Å². The average Bonchev–Trinajstić information content (AvgIpc) is 2.92. The Hall–Kier alpha value is -1.82. The molecule has 0 bridgehead atoms. The van der Waals surface area contributed by atoms with Crippen molar-refractivity contribution >= 4 is 5.91 Å². The fraction of sp³-hybridized carbons (Fsp3) is 0.471. The summed E-state index contributed by atoms with van der Waals surface area (Å²) in [6, 6.07) is 9.95. The van der Waals surface area contributed by atoms with Crippen molar-refractivity contribution in [2.45, 2.75) is 19.1 Å². The second-order valence-corrected chi connectivity index (χ2v) is 5.91. The third-order valence-electron chi connectivity index (χ3n) is 3.95. The van der Waals surface area contributed by atoms with Crippen LogP contribution in [0.3, 0.4) is 0 Å². The number of hydrogen-bond acceptors (Lipinski definition) is 2. The van der Waals surface area contributed by atoms with Crippen molar-refractivity contribution in [2.24, 2.45) is 5.92 Å². The molecule has 1 heterocycles. The number of alkyl halides is 3. The molecule has 23 heavy (non-hydrogen) atoms. The summed E-state index contributed by atoms with van der Waals surface area (Å²) in [4.78, 5) is 14.7. The molecule has 1 fully saturated rings. The molecule has 0 N–H and O–H groups in total. The molecular weight excluding hydrogens is 305 g/mol. The van der Waals surface area contributed by atoms with E-state index in [1.165, 1.54) is 5.56 Å². The van der Waals surface area contributed by atoms with Crippen molar-refractivity contribution in [1.82, 2.24) is 9.80 Å². The van der Waals surface area contributed by atoms with Crippen molar-refractivity contribution in [1.29, 1.82) is 0 Å². The van der Waals surface area contributed by atoms with Crippen LogP contribution in [0.4, 0.5) is 13.2 Å². The zero-order valence-electron chi connectivity index (χ0n) is 12.9. The SMILES string of the molecule is C=CC(=O)N(C[C@@H]1CCN(Cc2ccccc2)C1)CC(F)(F)F. The Kier molecular flexibility index (Phi) is 5.82. The minimum Gasteiger partial charge on any atom is -0.330 e. The maximum atomic E-state index is 12.6. The highest BCUT2D eigenvalue weighted by atomic mass is 19.4. The normalized spacial score (nSPS) is 18.8. The van der Waals surface area contributed by atoms with Crippen LogP contribution in [-0.4, -0.2) is 48.1 Å². The van der Waals surface area contributed by atoms with Gasteiger partial charge in [-0.1, -0.05) is 36.9 Å². The van der Waals surface area contributed by atoms with Crippen molar-refractivity contribution in [3.8, 4) is 0 Å². The second kappa shape index (κ2) is 7.64. The van der Waals surface area contributed by atoms with Gasteiger partial charge in [-0.25, -0.2) is 0 Å². The summed E-state index contributed by atoms with van der Waals surface area (Å²) in [5.41, 5.74) is 1.18. The molecule has 2 rings (SSSR count). The van der Waals surface area contributed by atoms with Crippen molar-refractivity contribution in [3.63, 3.8) is 0 Å². The second-order valence-electron chi connectivity index (χ2n) is 5.91. The van der Waals surface area contributed by atoms with E-state index in [1.54, 1.807) is 0 Å². The zero-order valence-corrected chi connectivity index (χ0v) is 12.9. The Balaban J connectivity index is 1.89. The number of likely N-dealkylation sites (tertiary alicyclic amines) is 1. The summed E-state index contributed by atoms with van der Waals surface area (Å²) >= 11 is 0. The first kappa shape index (κ1) is 17.5. The first-order valence-electron chi connectivity index (χ1n) is 7.62. The van der Waals surface area contributed by atoms with Gasteiger partial charge >= 0.3 is 6.18 Å². The van der Waals surface area contributed by atoms with E-state index in [0.29, 0.717) is 6.54 Å². The number of halogens is 3. The maximum Gasteiger partial charge on any atom is 0.406 e. The van der Waals surface area contributed by atoms with Gasteiger partial charge in [-0.15, -0.1) is 0 Å². The quantitative estimate of drug-likeness (QED) is 0.750. The van der Waals surface area contributed by atoms with E-state index in [2.05, 4.69) is 11.5 Å². The molecule has 0 saturated carbocycles. The van der Waals surface area contributed by atoms with E-state index < -0.39 is 18.6 Å². The van der Waals surface area contributed by atoms with Gasteiger partial charge in [0.1, 0.15) is 6.54 Å². The summed E-state index contributed by atoms with van der Waals surface area (Å²) in [5.74, 6) is -0.603. The number of carbonyl (C=O) groups is 1. The number of hydrogen-bond donors (Lipinski definition) is 0. The molecule has 1 aromatic carbocycles. The molecule has 0 aliphatic carbocycles. The fourth-order valence-corrected chi connectivity index (χ4v) is 2.94. The standard InChI is InChI=1S/C17H21F3N2O/c1-2-16(23)22(13-17(18,19)20)12-15-8-9-21(11-15)10-14-6-4-3-5-7-14/h2-7,15H,1,8-13H2/t15-/m1/s1. The summed E-state index contributed by atoms with van der Waals surface area (Å²) in [6.07, 6.45) is -2.64. The summed E-state index contributed by atoms with van der Waals surface area (Å²) < 4.78 is 37.8. The average molecular weight is 326 g/mol. The number of rotatable bonds is 6. The van der Waals surface area contributed by atoms with E-state index in [4.69, 9.17) is 0 Å². The lowest BCUT2D eigenvalue weighted by Gasteiger charge is -2.26. The monoisotopic (exact) mass is 326 g/mol. The van der Waals surface area contributed by atoms with Crippen molar-refractivity contribution in [3.05, 3.63) is 48.6 Å². The molecule has 1 aromatic rings. The smallest absolute Gasteiger partial charge is 0.330 e. The van der Waals surface area contributed by atoms with Crippen molar-refractivity contribution in [2.75, 3.05) is 26.2 Å². The van der Waals surface area contributed by atoms with Crippen LogP contribution in [0, 0.1) is 5.92 Å². The number of carbonyl (C=O) groups excluding carboxylic acids is 1. The third kappa shape index (κ3) is 5.71. The molecule has 1 amide bonds. The van der Waals surface area contributed by atoms with E-state index in [9.17, 15) is 18.0 Å². The van der Waals surface area contributed by atoms with Gasteiger partial charge in [-0.05, 0) is 30.5 Å². The van der Waals surface area contributed by atoms with Crippen LogP contribution >= 0.6 is 0 Å². The molecule has 0 unspecified atom stereocenters. The lowest BCUT2D eigenvalue weighted by Crippen LogP contribution is -2.41. The zero-order chi connectivity index (χ0) is 16.9.